The van der Waals surface area contributed by atoms with Crippen LogP contribution in [0, 0.1) is 12.7 Å². The summed E-state index contributed by atoms with van der Waals surface area (Å²) in [5.74, 6) is -3.24. The van der Waals surface area contributed by atoms with E-state index >= 15 is 0 Å². The summed E-state index contributed by atoms with van der Waals surface area (Å²) in [7, 11) is 0. The second kappa shape index (κ2) is 8.36. The highest BCUT2D eigenvalue weighted by Crippen LogP contribution is 2.35. The van der Waals surface area contributed by atoms with Gasteiger partial charge in [0.1, 0.15) is 5.69 Å². The van der Waals surface area contributed by atoms with Gasteiger partial charge >= 0.3 is 11.9 Å². The van der Waals surface area contributed by atoms with Crippen LogP contribution in [0.4, 0.5) is 4.39 Å². The lowest BCUT2D eigenvalue weighted by molar-refractivity contribution is 0.0338. The van der Waals surface area contributed by atoms with Crippen LogP contribution in [0.2, 0.25) is 0 Å². The molecule has 2 aromatic heterocycles. The fourth-order valence-electron chi connectivity index (χ4n) is 3.97. The van der Waals surface area contributed by atoms with Crippen LogP contribution in [-0.4, -0.2) is 41.2 Å². The number of ether oxygens (including phenoxy) is 1. The first-order valence-corrected chi connectivity index (χ1v) is 11.2. The summed E-state index contributed by atoms with van der Waals surface area (Å²) in [6.45, 7) is 5.42. The van der Waals surface area contributed by atoms with E-state index in [0.717, 1.165) is 33.5 Å². The van der Waals surface area contributed by atoms with Gasteiger partial charge in [-0.15, -0.1) is 0 Å². The highest BCUT2D eigenvalue weighted by molar-refractivity contribution is 14.1. The van der Waals surface area contributed by atoms with Crippen molar-refractivity contribution in [2.75, 3.05) is 0 Å². The third kappa shape index (κ3) is 4.41. The average molecular weight is 566 g/mol. The van der Waals surface area contributed by atoms with Crippen molar-refractivity contribution < 1.29 is 28.6 Å². The van der Waals surface area contributed by atoms with Gasteiger partial charge in [-0.2, -0.15) is 5.10 Å². The molecule has 33 heavy (non-hydrogen) atoms. The number of carboxylic acids is 1. The van der Waals surface area contributed by atoms with E-state index in [1.165, 1.54) is 0 Å². The molecule has 4 rings (SSSR count). The fraction of sp³-hybridized carbons (Fsp3) is 0.318. The minimum Gasteiger partial charge on any atom is -0.477 e. The van der Waals surface area contributed by atoms with Crippen molar-refractivity contribution in [2.45, 2.75) is 43.3 Å². The molecule has 0 radical (unpaired) electrons. The van der Waals surface area contributed by atoms with Crippen LogP contribution >= 0.6 is 22.6 Å². The minimum absolute atomic E-state index is 0.143. The largest absolute Gasteiger partial charge is 0.477 e. The molecule has 2 N–H and O–H groups in total. The first kappa shape index (κ1) is 23.1. The molecule has 1 aliphatic carbocycles. The molecule has 2 heterocycles. The lowest BCUT2D eigenvalue weighted by atomic mass is 9.98. The molecule has 0 saturated heterocycles. The number of esters is 1. The number of rotatable bonds is 5. The molecule has 0 bridgehead atoms. The molecule has 9 nitrogen and oxygen atoms in total. The number of aromatic carboxylic acids is 1. The van der Waals surface area contributed by atoms with Crippen LogP contribution in [0.3, 0.4) is 0 Å². The normalized spacial score (nSPS) is 15.4. The number of nitrogens with zero attached hydrogens (tertiary/aromatic N) is 3. The number of hydrogen-bond donors (Lipinski definition) is 2. The molecule has 3 aromatic rings. The maximum atomic E-state index is 14.0. The standard InChI is InChI=1S/C22H20FIN4O5/c1-10-11-6-7-15(13(11)5-4-12(10)21(32)33-22(2,3)24)27-19(29)17-8-16(20(30)31)26-18-14(23)9-25-28(17)18/h4-5,8-9,15H,6-7H2,1-3H3,(H,27,29)(H,30,31)/t15-/m0/s1. The van der Waals surface area contributed by atoms with Gasteiger partial charge in [-0.1, -0.05) is 6.07 Å². The number of hydrogen-bond acceptors (Lipinski definition) is 6. The summed E-state index contributed by atoms with van der Waals surface area (Å²) in [4.78, 5) is 40.7. The van der Waals surface area contributed by atoms with Gasteiger partial charge in [0.25, 0.3) is 5.91 Å². The van der Waals surface area contributed by atoms with E-state index in [1.54, 1.807) is 26.0 Å². The van der Waals surface area contributed by atoms with Crippen molar-refractivity contribution in [2.24, 2.45) is 0 Å². The Morgan fingerprint density at radius 1 is 1.33 bits per heavy atom. The fourth-order valence-corrected chi connectivity index (χ4v) is 4.17. The summed E-state index contributed by atoms with van der Waals surface area (Å²) in [5, 5.41) is 16.0. The van der Waals surface area contributed by atoms with Gasteiger partial charge in [-0.3, -0.25) is 4.79 Å². The van der Waals surface area contributed by atoms with E-state index in [1.807, 2.05) is 29.5 Å². The molecule has 0 aliphatic heterocycles. The van der Waals surface area contributed by atoms with Gasteiger partial charge in [0.15, 0.2) is 20.8 Å². The molecule has 1 aromatic carbocycles. The van der Waals surface area contributed by atoms with Crippen molar-refractivity contribution in [3.05, 3.63) is 63.9 Å². The number of carbonyl (C=O) groups excluding carboxylic acids is 2. The Hall–Kier alpha value is -3.09. The van der Waals surface area contributed by atoms with Crippen LogP contribution in [0.1, 0.15) is 74.3 Å². The predicted octanol–water partition coefficient (Wildman–Crippen LogP) is 3.62. The van der Waals surface area contributed by atoms with Gasteiger partial charge in [0, 0.05) is 6.07 Å². The van der Waals surface area contributed by atoms with E-state index in [0.29, 0.717) is 18.4 Å². The molecule has 0 fully saturated rings. The summed E-state index contributed by atoms with van der Waals surface area (Å²) in [5.41, 5.74) is 2.14. The maximum Gasteiger partial charge on any atom is 0.354 e. The second-order valence-electron chi connectivity index (χ2n) is 8.18. The Labute approximate surface area is 201 Å². The highest BCUT2D eigenvalue weighted by atomic mass is 127. The van der Waals surface area contributed by atoms with Crippen LogP contribution in [0.5, 0.6) is 0 Å². The molecule has 1 amide bonds. The zero-order valence-electron chi connectivity index (χ0n) is 18.0. The van der Waals surface area contributed by atoms with Crippen LogP contribution in [0.25, 0.3) is 5.65 Å². The zero-order chi connectivity index (χ0) is 24.1. The first-order chi connectivity index (χ1) is 15.5. The van der Waals surface area contributed by atoms with Gasteiger partial charge in [0.2, 0.25) is 0 Å². The lowest BCUT2D eigenvalue weighted by Gasteiger charge is -2.20. The van der Waals surface area contributed by atoms with Crippen LogP contribution < -0.4 is 5.32 Å². The number of halogens is 2. The Morgan fingerprint density at radius 3 is 2.73 bits per heavy atom. The smallest absolute Gasteiger partial charge is 0.354 e. The lowest BCUT2D eigenvalue weighted by Crippen LogP contribution is -2.29. The number of fused-ring (bicyclic) bond motifs is 2. The van der Waals surface area contributed by atoms with E-state index in [4.69, 9.17) is 4.74 Å². The highest BCUT2D eigenvalue weighted by Gasteiger charge is 2.30. The minimum atomic E-state index is -1.39. The van der Waals surface area contributed by atoms with Gasteiger partial charge in [0.05, 0.1) is 17.8 Å². The van der Waals surface area contributed by atoms with Gasteiger partial charge in [-0.05, 0) is 79.0 Å². The first-order valence-electron chi connectivity index (χ1n) is 10.1. The quantitative estimate of drug-likeness (QED) is 0.275. The summed E-state index contributed by atoms with van der Waals surface area (Å²) in [6.07, 6.45) is 2.10. The molecule has 0 unspecified atom stereocenters. The third-order valence-electron chi connectivity index (χ3n) is 5.43. The predicted molar refractivity (Wildman–Crippen MR) is 123 cm³/mol. The number of carbonyl (C=O) groups is 3. The Kier molecular flexibility index (Phi) is 5.85. The molecule has 172 valence electrons. The molecular weight excluding hydrogens is 546 g/mol. The number of alkyl halides is 1. The molecule has 0 spiro atoms. The van der Waals surface area contributed by atoms with Crippen molar-refractivity contribution in [3.8, 4) is 0 Å². The number of carboxylic acid groups (broad SMARTS) is 1. The van der Waals surface area contributed by atoms with Crippen LogP contribution in [0.15, 0.2) is 24.4 Å². The summed E-state index contributed by atoms with van der Waals surface area (Å²) < 4.78 is 19.8. The van der Waals surface area contributed by atoms with Gasteiger partial charge < -0.3 is 15.2 Å². The number of benzene rings is 1. The molecule has 1 atom stereocenters. The van der Waals surface area contributed by atoms with Crippen molar-refractivity contribution in [1.29, 1.82) is 0 Å². The van der Waals surface area contributed by atoms with E-state index < -0.39 is 33.0 Å². The van der Waals surface area contributed by atoms with Crippen molar-refractivity contribution in [1.82, 2.24) is 19.9 Å². The third-order valence-corrected chi connectivity index (χ3v) is 5.65. The van der Waals surface area contributed by atoms with Gasteiger partial charge in [-0.25, -0.2) is 23.5 Å². The number of aromatic nitrogens is 3. The zero-order valence-corrected chi connectivity index (χ0v) is 20.1. The maximum absolute atomic E-state index is 14.0. The Bertz CT molecular complexity index is 1310. The summed E-state index contributed by atoms with van der Waals surface area (Å²) in [6, 6.07) is 4.16. The monoisotopic (exact) mass is 566 g/mol. The number of nitrogens with one attached hydrogen (secondary N) is 1. The van der Waals surface area contributed by atoms with E-state index in [-0.39, 0.29) is 17.4 Å². The SMILES string of the molecule is Cc1c(C(=O)OC(C)(C)I)ccc2c1CC[C@@H]2NC(=O)c1cc(C(=O)O)nc2c(F)cnn12. The van der Waals surface area contributed by atoms with Crippen molar-refractivity contribution >= 4 is 46.1 Å². The average Bonchev–Trinajstić information content (AvgIpc) is 3.30. The molecule has 11 heteroatoms. The van der Waals surface area contributed by atoms with Crippen molar-refractivity contribution in [3.63, 3.8) is 0 Å². The second-order valence-corrected chi connectivity index (χ2v) is 10.8. The Balaban J connectivity index is 1.63. The molecular formula is C22H20FIN4O5. The summed E-state index contributed by atoms with van der Waals surface area (Å²) >= 11 is 2.04. The topological polar surface area (TPSA) is 123 Å². The van der Waals surface area contributed by atoms with E-state index in [2.05, 4.69) is 15.4 Å². The van der Waals surface area contributed by atoms with Crippen LogP contribution in [-0.2, 0) is 11.2 Å². The molecule has 0 saturated carbocycles. The van der Waals surface area contributed by atoms with E-state index in [9.17, 15) is 23.9 Å². The molecule has 1 aliphatic rings. The Morgan fingerprint density at radius 2 is 2.06 bits per heavy atom. The number of amides is 1.